The maximum Gasteiger partial charge on any atom is 0.275 e. The Kier molecular flexibility index (Phi) is 5.37. The number of halogens is 1. The van der Waals surface area contributed by atoms with Crippen LogP contribution in [0.3, 0.4) is 0 Å². The zero-order chi connectivity index (χ0) is 23.1. The molecule has 166 valence electrons. The number of nitrogens with one attached hydrogen (secondary N) is 1. The van der Waals surface area contributed by atoms with Crippen molar-refractivity contribution in [1.29, 1.82) is 10.7 Å². The number of nitrogens with zero attached hydrogens (tertiary/aromatic N) is 4. The van der Waals surface area contributed by atoms with E-state index in [0.29, 0.717) is 28.4 Å². The third kappa shape index (κ3) is 3.65. The molecule has 4 N–H and O–H groups in total. The van der Waals surface area contributed by atoms with Gasteiger partial charge in [0.1, 0.15) is 5.82 Å². The Morgan fingerprint density at radius 3 is 2.64 bits per heavy atom. The summed E-state index contributed by atoms with van der Waals surface area (Å²) in [7, 11) is 0. The van der Waals surface area contributed by atoms with Crippen molar-refractivity contribution in [2.24, 2.45) is 0 Å². The van der Waals surface area contributed by atoms with E-state index in [2.05, 4.69) is 15.9 Å². The fourth-order valence-corrected chi connectivity index (χ4v) is 5.00. The third-order valence-corrected chi connectivity index (χ3v) is 7.13. The number of nitriles is 1. The molecule has 0 bridgehead atoms. The minimum atomic E-state index is -0.956. The molecule has 1 atom stereocenters. The molecule has 1 saturated carbocycles. The van der Waals surface area contributed by atoms with E-state index in [1.54, 1.807) is 12.1 Å². The summed E-state index contributed by atoms with van der Waals surface area (Å²) in [6.07, 6.45) is 5.53. The summed E-state index contributed by atoms with van der Waals surface area (Å²) < 4.78 is 14.3. The highest BCUT2D eigenvalue weighted by Gasteiger charge is 2.40. The fraction of sp³-hybridized carbons (Fsp3) is 0.333. The Morgan fingerprint density at radius 1 is 1.18 bits per heavy atom. The van der Waals surface area contributed by atoms with Gasteiger partial charge in [-0.1, -0.05) is 19.3 Å². The Bertz CT molecular complexity index is 1290. The van der Waals surface area contributed by atoms with Crippen LogP contribution in [0.1, 0.15) is 31.2 Å². The van der Waals surface area contributed by atoms with E-state index >= 15 is 0 Å². The molecular formula is C24H24BFN6O. The van der Waals surface area contributed by atoms with Gasteiger partial charge < -0.3 is 21.1 Å². The lowest BCUT2D eigenvalue weighted by Crippen LogP contribution is -2.32. The molecule has 1 saturated heterocycles. The molecule has 1 aliphatic heterocycles. The molecular weight excluding hydrogens is 418 g/mol. The molecule has 5 rings (SSSR count). The Labute approximate surface area is 191 Å². The molecule has 3 heterocycles. The lowest BCUT2D eigenvalue weighted by molar-refractivity contribution is 0.436. The van der Waals surface area contributed by atoms with E-state index in [0.717, 1.165) is 31.5 Å². The normalized spacial score (nSPS) is 18.2. The first-order valence-corrected chi connectivity index (χ1v) is 11.2. The SMILES string of the molecule is N#CB(C1CCC1)C1CCN(c2ccc3nc(-c4cc(C=N)c(N)c(F)c4O)ccc3n2)C1. The van der Waals surface area contributed by atoms with E-state index < -0.39 is 11.6 Å². The van der Waals surface area contributed by atoms with Crippen molar-refractivity contribution in [3.8, 4) is 23.0 Å². The molecule has 0 radical (unpaired) electrons. The number of pyridine rings is 2. The van der Waals surface area contributed by atoms with Crippen LogP contribution >= 0.6 is 0 Å². The maximum absolute atomic E-state index is 14.3. The van der Waals surface area contributed by atoms with Gasteiger partial charge in [-0.3, -0.25) is 0 Å². The average molecular weight is 442 g/mol. The molecule has 1 aromatic carbocycles. The van der Waals surface area contributed by atoms with Crippen LogP contribution in [-0.2, 0) is 0 Å². The molecule has 3 aromatic rings. The van der Waals surface area contributed by atoms with Crippen molar-refractivity contribution in [2.45, 2.75) is 37.3 Å². The molecule has 1 unspecified atom stereocenters. The molecule has 9 heteroatoms. The number of phenols is 1. The van der Waals surface area contributed by atoms with Gasteiger partial charge in [-0.15, -0.1) is 0 Å². The third-order valence-electron chi connectivity index (χ3n) is 7.13. The number of benzene rings is 1. The molecule has 2 aromatic heterocycles. The van der Waals surface area contributed by atoms with Crippen LogP contribution in [0.15, 0.2) is 30.3 Å². The van der Waals surface area contributed by atoms with Gasteiger partial charge in [0, 0.05) is 36.4 Å². The van der Waals surface area contributed by atoms with Gasteiger partial charge in [0.15, 0.2) is 11.6 Å². The first-order chi connectivity index (χ1) is 16.0. The largest absolute Gasteiger partial charge is 0.504 e. The lowest BCUT2D eigenvalue weighted by atomic mass is 9.31. The van der Waals surface area contributed by atoms with Gasteiger partial charge in [0.05, 0.1) is 22.4 Å². The molecule has 0 amide bonds. The van der Waals surface area contributed by atoms with Crippen molar-refractivity contribution in [1.82, 2.24) is 9.97 Å². The molecule has 2 aliphatic rings. The second kappa shape index (κ2) is 8.36. The first kappa shape index (κ1) is 21.2. The number of hydrogen-bond acceptors (Lipinski definition) is 7. The summed E-state index contributed by atoms with van der Waals surface area (Å²) in [5.41, 5.74) is 7.40. The van der Waals surface area contributed by atoms with Crippen LogP contribution < -0.4 is 10.6 Å². The Morgan fingerprint density at radius 2 is 1.94 bits per heavy atom. The van der Waals surface area contributed by atoms with Gasteiger partial charge in [-0.2, -0.15) is 0 Å². The summed E-state index contributed by atoms with van der Waals surface area (Å²) in [5, 5.41) is 27.4. The van der Waals surface area contributed by atoms with E-state index in [9.17, 15) is 14.8 Å². The average Bonchev–Trinajstić information content (AvgIpc) is 3.29. The number of nitrogen functional groups attached to an aromatic ring is 1. The van der Waals surface area contributed by atoms with Crippen molar-refractivity contribution < 1.29 is 9.50 Å². The van der Waals surface area contributed by atoms with Crippen molar-refractivity contribution in [3.63, 3.8) is 0 Å². The zero-order valence-corrected chi connectivity index (χ0v) is 18.1. The zero-order valence-electron chi connectivity index (χ0n) is 18.1. The van der Waals surface area contributed by atoms with Crippen LogP contribution in [0.4, 0.5) is 15.9 Å². The smallest absolute Gasteiger partial charge is 0.275 e. The highest BCUT2D eigenvalue weighted by atomic mass is 19.1. The fourth-order valence-electron chi connectivity index (χ4n) is 5.00. The maximum atomic E-state index is 14.3. The monoisotopic (exact) mass is 442 g/mol. The second-order valence-electron chi connectivity index (χ2n) is 8.98. The van der Waals surface area contributed by atoms with Crippen LogP contribution in [0, 0.1) is 22.5 Å². The van der Waals surface area contributed by atoms with Crippen LogP contribution in [0.5, 0.6) is 5.75 Å². The standard InChI is InChI=1S/C24H24BFN6O/c26-22-23(29)14(11-27)10-17(24(22)33)18-4-5-20-19(30-18)6-7-21(31-20)32-9-8-16(12-32)25(13-28)15-2-1-3-15/h4-7,10-11,15-16,27,33H,1-3,8-9,12,29H2. The van der Waals surface area contributed by atoms with E-state index in [-0.39, 0.29) is 23.5 Å². The van der Waals surface area contributed by atoms with Crippen LogP contribution in [-0.4, -0.2) is 41.1 Å². The van der Waals surface area contributed by atoms with Gasteiger partial charge in [-0.05, 0) is 48.4 Å². The number of anilines is 2. The summed E-state index contributed by atoms with van der Waals surface area (Å²) in [4.78, 5) is 11.6. The van der Waals surface area contributed by atoms with Gasteiger partial charge >= 0.3 is 0 Å². The van der Waals surface area contributed by atoms with Crippen molar-refractivity contribution in [3.05, 3.63) is 41.7 Å². The molecule has 7 nitrogen and oxygen atoms in total. The Balaban J connectivity index is 1.41. The number of nitrogens with two attached hydrogens (primary N) is 1. The minimum Gasteiger partial charge on any atom is -0.504 e. The molecule has 0 spiro atoms. The first-order valence-electron chi connectivity index (χ1n) is 11.2. The summed E-state index contributed by atoms with van der Waals surface area (Å²) >= 11 is 0. The van der Waals surface area contributed by atoms with Gasteiger partial charge in [-0.25, -0.2) is 19.6 Å². The van der Waals surface area contributed by atoms with E-state index in [1.165, 1.54) is 25.3 Å². The Hall–Kier alpha value is -3.67. The second-order valence-corrected chi connectivity index (χ2v) is 8.98. The van der Waals surface area contributed by atoms with E-state index in [1.807, 2.05) is 12.1 Å². The summed E-state index contributed by atoms with van der Waals surface area (Å²) in [6.45, 7) is 1.85. The number of rotatable bonds is 5. The summed E-state index contributed by atoms with van der Waals surface area (Å²) in [5.74, 6) is 2.81. The van der Waals surface area contributed by atoms with Crippen molar-refractivity contribution in [2.75, 3.05) is 23.7 Å². The van der Waals surface area contributed by atoms with Crippen LogP contribution in [0.2, 0.25) is 11.6 Å². The highest BCUT2D eigenvalue weighted by molar-refractivity contribution is 6.70. The number of aromatic hydroxyl groups is 1. The topological polar surface area (TPSA) is 123 Å². The quantitative estimate of drug-likeness (QED) is 0.306. The predicted octanol–water partition coefficient (Wildman–Crippen LogP) is 4.41. The molecule has 1 aliphatic carbocycles. The molecule has 33 heavy (non-hydrogen) atoms. The number of fused-ring (bicyclic) bond motifs is 1. The minimum absolute atomic E-state index is 0.132. The summed E-state index contributed by atoms with van der Waals surface area (Å²) in [6, 6.07) is 8.70. The number of hydrogen-bond donors (Lipinski definition) is 3. The number of phenolic OH excluding ortho intramolecular Hbond substituents is 1. The highest BCUT2D eigenvalue weighted by Crippen LogP contribution is 2.42. The lowest BCUT2D eigenvalue weighted by Gasteiger charge is -2.30. The van der Waals surface area contributed by atoms with Crippen LogP contribution in [0.25, 0.3) is 22.3 Å². The van der Waals surface area contributed by atoms with Crippen molar-refractivity contribution >= 4 is 35.5 Å². The number of aromatic nitrogens is 2. The van der Waals surface area contributed by atoms with Gasteiger partial charge in [0.25, 0.3) is 6.71 Å². The molecule has 2 fully saturated rings. The van der Waals surface area contributed by atoms with E-state index in [4.69, 9.17) is 16.1 Å². The van der Waals surface area contributed by atoms with Gasteiger partial charge in [0.2, 0.25) is 0 Å². The predicted molar refractivity (Wildman–Crippen MR) is 128 cm³/mol.